The minimum Gasteiger partial charge on any atom is -0.380 e. The molecule has 1 N–H and O–H groups in total. The first-order valence-electron chi connectivity index (χ1n) is 5.74. The Labute approximate surface area is 96.9 Å². The average molecular weight is 221 g/mol. The third kappa shape index (κ3) is 4.94. The van der Waals surface area contributed by atoms with Gasteiger partial charge in [-0.15, -0.1) is 0 Å². The van der Waals surface area contributed by atoms with Crippen LogP contribution in [0.5, 0.6) is 0 Å². The van der Waals surface area contributed by atoms with Crippen molar-refractivity contribution in [2.45, 2.75) is 19.8 Å². The molecule has 16 heavy (non-hydrogen) atoms. The lowest BCUT2D eigenvalue weighted by molar-refractivity contribution is -0.117. The first-order valence-corrected chi connectivity index (χ1v) is 5.74. The van der Waals surface area contributed by atoms with Crippen molar-refractivity contribution in [1.29, 1.82) is 0 Å². The second kappa shape index (κ2) is 7.88. The SMILES string of the molecule is CCCOCCNC(=O)C1=CC=CCC=C1. The fraction of sp³-hybridized carbons (Fsp3) is 0.462. The van der Waals surface area contributed by atoms with Crippen LogP contribution in [0.4, 0.5) is 0 Å². The maximum atomic E-state index is 11.7. The molecule has 0 aromatic rings. The van der Waals surface area contributed by atoms with Crippen LogP contribution in [0.25, 0.3) is 0 Å². The highest BCUT2D eigenvalue weighted by atomic mass is 16.5. The van der Waals surface area contributed by atoms with Crippen LogP contribution < -0.4 is 5.32 Å². The van der Waals surface area contributed by atoms with E-state index in [1.54, 1.807) is 0 Å². The summed E-state index contributed by atoms with van der Waals surface area (Å²) in [4.78, 5) is 11.7. The van der Waals surface area contributed by atoms with Crippen LogP contribution in [0.1, 0.15) is 19.8 Å². The van der Waals surface area contributed by atoms with E-state index in [1.807, 2.05) is 30.4 Å². The molecule has 0 radical (unpaired) electrons. The molecule has 0 saturated heterocycles. The number of nitrogens with one attached hydrogen (secondary N) is 1. The zero-order valence-electron chi connectivity index (χ0n) is 9.74. The van der Waals surface area contributed by atoms with Gasteiger partial charge in [0.05, 0.1) is 6.61 Å². The highest BCUT2D eigenvalue weighted by Crippen LogP contribution is 2.04. The van der Waals surface area contributed by atoms with Gasteiger partial charge in [0, 0.05) is 18.7 Å². The van der Waals surface area contributed by atoms with Gasteiger partial charge in [-0.1, -0.05) is 31.2 Å². The van der Waals surface area contributed by atoms with E-state index in [9.17, 15) is 4.79 Å². The first-order chi connectivity index (χ1) is 7.84. The van der Waals surface area contributed by atoms with Crippen molar-refractivity contribution in [3.8, 4) is 0 Å². The Hall–Kier alpha value is -1.35. The van der Waals surface area contributed by atoms with E-state index in [1.165, 1.54) is 0 Å². The lowest BCUT2D eigenvalue weighted by Gasteiger charge is -2.05. The van der Waals surface area contributed by atoms with Crippen molar-refractivity contribution in [1.82, 2.24) is 5.32 Å². The molecule has 1 amide bonds. The maximum absolute atomic E-state index is 11.7. The number of amides is 1. The number of carbonyl (C=O) groups is 1. The van der Waals surface area contributed by atoms with E-state index in [4.69, 9.17) is 4.74 Å². The van der Waals surface area contributed by atoms with Crippen LogP contribution in [0.2, 0.25) is 0 Å². The molecule has 0 spiro atoms. The van der Waals surface area contributed by atoms with Gasteiger partial charge in [0.15, 0.2) is 0 Å². The normalized spacial score (nSPS) is 14.4. The van der Waals surface area contributed by atoms with Crippen LogP contribution in [-0.2, 0) is 9.53 Å². The molecular weight excluding hydrogens is 202 g/mol. The monoisotopic (exact) mass is 221 g/mol. The number of rotatable bonds is 6. The van der Waals surface area contributed by atoms with E-state index < -0.39 is 0 Å². The van der Waals surface area contributed by atoms with E-state index in [0.29, 0.717) is 18.7 Å². The van der Waals surface area contributed by atoms with Crippen LogP contribution in [0.3, 0.4) is 0 Å². The van der Waals surface area contributed by atoms with Crippen molar-refractivity contribution in [2.75, 3.05) is 19.8 Å². The number of carbonyl (C=O) groups excluding carboxylic acids is 1. The predicted octanol–water partition coefficient (Wildman–Crippen LogP) is 1.97. The van der Waals surface area contributed by atoms with Crippen molar-refractivity contribution in [3.63, 3.8) is 0 Å². The summed E-state index contributed by atoms with van der Waals surface area (Å²) in [7, 11) is 0. The van der Waals surface area contributed by atoms with Crippen molar-refractivity contribution < 1.29 is 9.53 Å². The summed E-state index contributed by atoms with van der Waals surface area (Å²) in [5.41, 5.74) is 0.698. The van der Waals surface area contributed by atoms with Crippen LogP contribution >= 0.6 is 0 Å². The molecule has 88 valence electrons. The van der Waals surface area contributed by atoms with E-state index in [2.05, 4.69) is 12.2 Å². The molecule has 1 aliphatic carbocycles. The van der Waals surface area contributed by atoms with Gasteiger partial charge < -0.3 is 10.1 Å². The van der Waals surface area contributed by atoms with Crippen LogP contribution in [0, 0.1) is 0 Å². The summed E-state index contributed by atoms with van der Waals surface area (Å²) in [5.74, 6) is -0.0390. The molecule has 0 fully saturated rings. The third-order valence-electron chi connectivity index (χ3n) is 2.12. The van der Waals surface area contributed by atoms with Gasteiger partial charge in [0.25, 0.3) is 5.91 Å². The van der Waals surface area contributed by atoms with Gasteiger partial charge in [0.2, 0.25) is 0 Å². The van der Waals surface area contributed by atoms with E-state index in [-0.39, 0.29) is 5.91 Å². The Kier molecular flexibility index (Phi) is 6.26. The lowest BCUT2D eigenvalue weighted by Crippen LogP contribution is -2.28. The zero-order chi connectivity index (χ0) is 11.6. The summed E-state index contributed by atoms with van der Waals surface area (Å²) in [6.45, 7) is 3.95. The fourth-order valence-corrected chi connectivity index (χ4v) is 1.32. The zero-order valence-corrected chi connectivity index (χ0v) is 9.74. The second-order valence-corrected chi connectivity index (χ2v) is 3.56. The molecular formula is C13H19NO2. The number of hydrogen-bond donors (Lipinski definition) is 1. The Morgan fingerprint density at radius 2 is 2.31 bits per heavy atom. The summed E-state index contributed by atoms with van der Waals surface area (Å²) < 4.78 is 5.28. The molecule has 0 aromatic heterocycles. The second-order valence-electron chi connectivity index (χ2n) is 3.56. The third-order valence-corrected chi connectivity index (χ3v) is 2.12. The fourth-order valence-electron chi connectivity index (χ4n) is 1.32. The topological polar surface area (TPSA) is 38.3 Å². The quantitative estimate of drug-likeness (QED) is 0.696. The van der Waals surface area contributed by atoms with E-state index >= 15 is 0 Å². The Morgan fingerprint density at radius 1 is 1.44 bits per heavy atom. The molecule has 0 aliphatic heterocycles. The Bertz CT molecular complexity index is 303. The van der Waals surface area contributed by atoms with Gasteiger partial charge in [-0.3, -0.25) is 4.79 Å². The number of allylic oxidation sites excluding steroid dienone is 4. The standard InChI is InChI=1S/C13H19NO2/c1-2-10-16-11-9-14-13(15)12-7-5-3-4-6-8-12/h3,5-8H,2,4,9-11H2,1H3,(H,14,15). The summed E-state index contributed by atoms with van der Waals surface area (Å²) >= 11 is 0. The van der Waals surface area contributed by atoms with Gasteiger partial charge in [-0.25, -0.2) is 0 Å². The summed E-state index contributed by atoms with van der Waals surface area (Å²) in [6.07, 6.45) is 11.5. The van der Waals surface area contributed by atoms with Crippen molar-refractivity contribution in [2.24, 2.45) is 0 Å². The molecule has 0 atom stereocenters. The van der Waals surface area contributed by atoms with Gasteiger partial charge in [-0.2, -0.15) is 0 Å². The minimum atomic E-state index is -0.0390. The molecule has 0 heterocycles. The molecule has 0 bridgehead atoms. The smallest absolute Gasteiger partial charge is 0.251 e. The lowest BCUT2D eigenvalue weighted by atomic mass is 10.2. The highest BCUT2D eigenvalue weighted by molar-refractivity contribution is 5.96. The van der Waals surface area contributed by atoms with E-state index in [0.717, 1.165) is 19.4 Å². The summed E-state index contributed by atoms with van der Waals surface area (Å²) in [5, 5.41) is 2.82. The number of ether oxygens (including phenoxy) is 1. The molecule has 0 unspecified atom stereocenters. The van der Waals surface area contributed by atoms with Gasteiger partial charge >= 0.3 is 0 Å². The largest absolute Gasteiger partial charge is 0.380 e. The van der Waals surface area contributed by atoms with Crippen LogP contribution in [-0.4, -0.2) is 25.7 Å². The predicted molar refractivity (Wildman–Crippen MR) is 65.1 cm³/mol. The molecule has 1 aliphatic rings. The van der Waals surface area contributed by atoms with Crippen molar-refractivity contribution >= 4 is 5.91 Å². The maximum Gasteiger partial charge on any atom is 0.251 e. The number of hydrogen-bond acceptors (Lipinski definition) is 2. The van der Waals surface area contributed by atoms with Gasteiger partial charge in [0.1, 0.15) is 0 Å². The highest BCUT2D eigenvalue weighted by Gasteiger charge is 2.04. The molecule has 0 aromatic carbocycles. The molecule has 1 rings (SSSR count). The van der Waals surface area contributed by atoms with Crippen LogP contribution in [0.15, 0.2) is 36.0 Å². The summed E-state index contributed by atoms with van der Waals surface area (Å²) in [6, 6.07) is 0. The Balaban J connectivity index is 2.24. The Morgan fingerprint density at radius 3 is 3.12 bits per heavy atom. The molecule has 3 nitrogen and oxygen atoms in total. The minimum absolute atomic E-state index is 0.0390. The average Bonchev–Trinajstić information content (AvgIpc) is 2.57. The van der Waals surface area contributed by atoms with Gasteiger partial charge in [-0.05, 0) is 18.9 Å². The molecule has 0 saturated carbocycles. The first kappa shape index (κ1) is 12.7. The van der Waals surface area contributed by atoms with Crippen molar-refractivity contribution in [3.05, 3.63) is 36.0 Å². The molecule has 3 heteroatoms.